The molecule has 0 saturated carbocycles. The Morgan fingerprint density at radius 3 is 2.68 bits per heavy atom. The number of nitrogens with zero attached hydrogens (tertiary/aromatic N) is 2. The number of fused-ring (bicyclic) bond motifs is 1. The van der Waals surface area contributed by atoms with E-state index in [1.165, 1.54) is 16.8 Å². The molecule has 3 N–H and O–H groups in total. The van der Waals surface area contributed by atoms with Gasteiger partial charge >= 0.3 is 0 Å². The number of nitrogens with two attached hydrogens (primary N) is 1. The van der Waals surface area contributed by atoms with Gasteiger partial charge in [-0.2, -0.15) is 0 Å². The lowest BCUT2D eigenvalue weighted by Crippen LogP contribution is -2.45. The van der Waals surface area contributed by atoms with Crippen LogP contribution in [0.25, 0.3) is 0 Å². The van der Waals surface area contributed by atoms with Crippen molar-refractivity contribution in [3.8, 4) is 0 Å². The molecular weight excluding hydrogens is 412 g/mol. The number of anilines is 1. The molecule has 28 heavy (non-hydrogen) atoms. The summed E-state index contributed by atoms with van der Waals surface area (Å²) in [6.45, 7) is 1.69. The Morgan fingerprint density at radius 1 is 1.25 bits per heavy atom. The van der Waals surface area contributed by atoms with Gasteiger partial charge in [0.05, 0.1) is 17.3 Å². The molecule has 0 radical (unpaired) electrons. The highest BCUT2D eigenvalue weighted by molar-refractivity contribution is 7.99. The van der Waals surface area contributed by atoms with E-state index in [1.54, 1.807) is 12.1 Å². The topological polar surface area (TPSA) is 78.7 Å². The Balaban J connectivity index is 1.83. The molecule has 152 valence electrons. The van der Waals surface area contributed by atoms with Crippen molar-refractivity contribution in [1.82, 2.24) is 9.62 Å². The molecular formula is C19H26N4O2S3. The van der Waals surface area contributed by atoms with Crippen LogP contribution in [-0.4, -0.2) is 52.4 Å². The zero-order valence-electron chi connectivity index (χ0n) is 16.0. The van der Waals surface area contributed by atoms with Gasteiger partial charge in [0.2, 0.25) is 10.0 Å². The average molecular weight is 439 g/mol. The number of sulfonamides is 1. The van der Waals surface area contributed by atoms with Crippen molar-refractivity contribution in [2.24, 2.45) is 5.14 Å². The van der Waals surface area contributed by atoms with Crippen LogP contribution in [0.15, 0.2) is 63.2 Å². The van der Waals surface area contributed by atoms with Crippen LogP contribution in [0.2, 0.25) is 0 Å². The van der Waals surface area contributed by atoms with Gasteiger partial charge in [-0.15, -0.1) is 11.8 Å². The zero-order chi connectivity index (χ0) is 20.1. The number of thioether (sulfide) groups is 1. The van der Waals surface area contributed by atoms with Crippen molar-refractivity contribution in [2.45, 2.75) is 27.1 Å². The molecule has 1 atom stereocenters. The van der Waals surface area contributed by atoms with Gasteiger partial charge in [0.15, 0.2) is 0 Å². The molecule has 0 bridgehead atoms. The van der Waals surface area contributed by atoms with Crippen molar-refractivity contribution < 1.29 is 8.42 Å². The minimum atomic E-state index is -3.71. The molecule has 0 fully saturated rings. The molecule has 2 aromatic rings. The predicted octanol–water partition coefficient (Wildman–Crippen LogP) is 2.82. The SMILES string of the molecule is CN(C)CC[C@H](CSc1ccccc1)N1CNSc2cc(S(N)(=O)=O)ccc21. The average Bonchev–Trinajstić information content (AvgIpc) is 2.67. The number of primary sulfonamides is 1. The first-order chi connectivity index (χ1) is 13.3. The van der Waals surface area contributed by atoms with Gasteiger partial charge < -0.3 is 9.80 Å². The number of hydrogen-bond acceptors (Lipinski definition) is 7. The molecule has 1 aliphatic heterocycles. The normalized spacial score (nSPS) is 15.5. The van der Waals surface area contributed by atoms with Crippen molar-refractivity contribution in [2.75, 3.05) is 38.0 Å². The Hall–Kier alpha value is -1.23. The molecule has 1 aliphatic rings. The van der Waals surface area contributed by atoms with Crippen molar-refractivity contribution in [1.29, 1.82) is 0 Å². The summed E-state index contributed by atoms with van der Waals surface area (Å²) in [5.74, 6) is 0.945. The monoisotopic (exact) mass is 438 g/mol. The highest BCUT2D eigenvalue weighted by Crippen LogP contribution is 2.36. The quantitative estimate of drug-likeness (QED) is 0.485. The third kappa shape index (κ3) is 5.65. The van der Waals surface area contributed by atoms with Crippen LogP contribution >= 0.6 is 23.7 Å². The van der Waals surface area contributed by atoms with Crippen LogP contribution in [0.4, 0.5) is 5.69 Å². The lowest BCUT2D eigenvalue weighted by molar-refractivity contribution is 0.380. The maximum absolute atomic E-state index is 11.7. The Labute approximate surface area is 176 Å². The van der Waals surface area contributed by atoms with Crippen LogP contribution < -0.4 is 14.8 Å². The summed E-state index contributed by atoms with van der Waals surface area (Å²) in [4.78, 5) is 6.81. The molecule has 2 aromatic carbocycles. The summed E-state index contributed by atoms with van der Waals surface area (Å²) in [7, 11) is 0.451. The smallest absolute Gasteiger partial charge is 0.238 e. The summed E-state index contributed by atoms with van der Waals surface area (Å²) < 4.78 is 26.7. The van der Waals surface area contributed by atoms with E-state index in [2.05, 4.69) is 52.9 Å². The molecule has 3 rings (SSSR count). The third-order valence-electron chi connectivity index (χ3n) is 4.52. The molecule has 9 heteroatoms. The number of rotatable bonds is 8. The van der Waals surface area contributed by atoms with Crippen molar-refractivity contribution >= 4 is 39.4 Å². The highest BCUT2D eigenvalue weighted by Gasteiger charge is 2.26. The van der Waals surface area contributed by atoms with E-state index in [0.29, 0.717) is 12.7 Å². The van der Waals surface area contributed by atoms with E-state index < -0.39 is 10.0 Å². The fourth-order valence-corrected chi connectivity index (χ4v) is 5.56. The van der Waals surface area contributed by atoms with E-state index in [0.717, 1.165) is 29.3 Å². The predicted molar refractivity (Wildman–Crippen MR) is 118 cm³/mol. The minimum absolute atomic E-state index is 0.144. The first-order valence-electron chi connectivity index (χ1n) is 9.00. The third-order valence-corrected chi connectivity index (χ3v) is 7.41. The van der Waals surface area contributed by atoms with Crippen molar-refractivity contribution in [3.05, 3.63) is 48.5 Å². The summed E-state index contributed by atoms with van der Waals surface area (Å²) in [6, 6.07) is 15.8. The molecule has 1 heterocycles. The van der Waals surface area contributed by atoms with E-state index in [9.17, 15) is 8.42 Å². The first-order valence-corrected chi connectivity index (χ1v) is 12.4. The molecule has 0 saturated heterocycles. The molecule has 0 aliphatic carbocycles. The second kappa shape index (κ2) is 9.51. The fourth-order valence-electron chi connectivity index (χ4n) is 3.03. The van der Waals surface area contributed by atoms with E-state index >= 15 is 0 Å². The number of hydrogen-bond donors (Lipinski definition) is 2. The molecule has 0 spiro atoms. The lowest BCUT2D eigenvalue weighted by atomic mass is 10.1. The summed E-state index contributed by atoms with van der Waals surface area (Å²) in [5.41, 5.74) is 1.05. The van der Waals surface area contributed by atoms with Gasteiger partial charge in [0.1, 0.15) is 0 Å². The van der Waals surface area contributed by atoms with E-state index in [4.69, 9.17) is 5.14 Å². The maximum Gasteiger partial charge on any atom is 0.238 e. The largest absolute Gasteiger partial charge is 0.353 e. The second-order valence-electron chi connectivity index (χ2n) is 6.92. The van der Waals surface area contributed by atoms with Crippen LogP contribution in [0, 0.1) is 0 Å². The van der Waals surface area contributed by atoms with E-state index in [-0.39, 0.29) is 4.90 Å². The molecule has 6 nitrogen and oxygen atoms in total. The number of benzene rings is 2. The minimum Gasteiger partial charge on any atom is -0.353 e. The molecule has 0 aromatic heterocycles. The summed E-state index contributed by atoms with van der Waals surface area (Å²) in [6.07, 6.45) is 1.01. The first kappa shape index (κ1) is 21.5. The van der Waals surface area contributed by atoms with Gasteiger partial charge in [-0.05, 0) is 69.3 Å². The van der Waals surface area contributed by atoms with Gasteiger partial charge in [0.25, 0.3) is 0 Å². The summed E-state index contributed by atoms with van der Waals surface area (Å²) >= 11 is 3.30. The van der Waals surface area contributed by atoms with Crippen molar-refractivity contribution in [3.63, 3.8) is 0 Å². The Bertz CT molecular complexity index is 891. The van der Waals surface area contributed by atoms with Gasteiger partial charge in [-0.1, -0.05) is 18.2 Å². The lowest BCUT2D eigenvalue weighted by Gasteiger charge is -2.38. The number of nitrogens with one attached hydrogen (secondary N) is 1. The fraction of sp³-hybridized carbons (Fsp3) is 0.368. The standard InChI is InChI=1S/C19H26N4O2S3/c1-22(2)11-10-15(13-26-16-6-4-3-5-7-16)23-14-21-27-19-12-17(28(20,24)25)8-9-18(19)23/h3-9,12,15,21H,10-11,13-14H2,1-2H3,(H2,20,24,25)/t15-/m1/s1. The Morgan fingerprint density at radius 2 is 2.00 bits per heavy atom. The van der Waals surface area contributed by atoms with Gasteiger partial charge in [-0.25, -0.2) is 18.3 Å². The zero-order valence-corrected chi connectivity index (χ0v) is 18.5. The van der Waals surface area contributed by atoms with Crippen LogP contribution in [0.5, 0.6) is 0 Å². The van der Waals surface area contributed by atoms with E-state index in [1.807, 2.05) is 23.9 Å². The Kier molecular flexibility index (Phi) is 7.30. The van der Waals surface area contributed by atoms with Gasteiger partial charge in [-0.3, -0.25) is 0 Å². The second-order valence-corrected chi connectivity index (χ2v) is 10.5. The molecule has 0 amide bonds. The molecule has 0 unspecified atom stereocenters. The van der Waals surface area contributed by atoms with Crippen LogP contribution in [0.3, 0.4) is 0 Å². The maximum atomic E-state index is 11.7. The highest BCUT2D eigenvalue weighted by atomic mass is 32.2. The van der Waals surface area contributed by atoms with Crippen LogP contribution in [0.1, 0.15) is 6.42 Å². The van der Waals surface area contributed by atoms with Crippen LogP contribution in [-0.2, 0) is 10.0 Å². The summed E-state index contributed by atoms with van der Waals surface area (Å²) in [5, 5.41) is 5.30. The van der Waals surface area contributed by atoms with Gasteiger partial charge in [0, 0.05) is 21.6 Å².